The summed E-state index contributed by atoms with van der Waals surface area (Å²) in [5.41, 5.74) is 1.74. The van der Waals surface area contributed by atoms with Crippen molar-refractivity contribution in [3.8, 4) is 5.75 Å². The quantitative estimate of drug-likeness (QED) is 0.861. The van der Waals surface area contributed by atoms with Crippen LogP contribution in [0.25, 0.3) is 0 Å². The van der Waals surface area contributed by atoms with Gasteiger partial charge in [0, 0.05) is 11.3 Å². The maximum Gasteiger partial charge on any atom is 0.287 e. The molecule has 0 unspecified atom stereocenters. The number of likely N-dealkylation sites (tertiary alicyclic amines) is 1. The number of halogens is 1. The number of amides is 1. The Morgan fingerprint density at radius 2 is 1.84 bits per heavy atom. The van der Waals surface area contributed by atoms with Crippen LogP contribution in [0.2, 0.25) is 5.02 Å². The summed E-state index contributed by atoms with van der Waals surface area (Å²) in [6.07, 6.45) is 3.58. The molecular formula is C20H24ClN2O2+. The molecule has 3 rings (SSSR count). The molecule has 1 atom stereocenters. The van der Waals surface area contributed by atoms with Crippen LogP contribution in [0.3, 0.4) is 0 Å². The molecule has 132 valence electrons. The largest absolute Gasteiger partial charge is 0.495 e. The molecular weight excluding hydrogens is 336 g/mol. The molecule has 25 heavy (non-hydrogen) atoms. The summed E-state index contributed by atoms with van der Waals surface area (Å²) in [4.78, 5) is 14.4. The highest BCUT2D eigenvalue weighted by molar-refractivity contribution is 6.32. The molecule has 2 aromatic rings. The van der Waals surface area contributed by atoms with Gasteiger partial charge in [0.25, 0.3) is 5.91 Å². The predicted molar refractivity (Wildman–Crippen MR) is 100 cm³/mol. The van der Waals surface area contributed by atoms with E-state index in [-0.39, 0.29) is 11.9 Å². The van der Waals surface area contributed by atoms with Crippen molar-refractivity contribution in [1.29, 1.82) is 0 Å². The van der Waals surface area contributed by atoms with Crippen LogP contribution in [0, 0.1) is 0 Å². The van der Waals surface area contributed by atoms with Gasteiger partial charge in [-0.2, -0.15) is 0 Å². The van der Waals surface area contributed by atoms with E-state index in [0.29, 0.717) is 16.5 Å². The van der Waals surface area contributed by atoms with Gasteiger partial charge in [-0.1, -0.05) is 41.9 Å². The first-order valence-corrected chi connectivity index (χ1v) is 9.11. The van der Waals surface area contributed by atoms with E-state index >= 15 is 0 Å². The van der Waals surface area contributed by atoms with E-state index in [0.717, 1.165) is 18.7 Å². The maximum absolute atomic E-state index is 13.1. The second-order valence-electron chi connectivity index (χ2n) is 6.40. The summed E-state index contributed by atoms with van der Waals surface area (Å²) < 4.78 is 5.17. The fraction of sp³-hybridized carbons (Fsp3) is 0.350. The van der Waals surface area contributed by atoms with Crippen LogP contribution >= 0.6 is 11.6 Å². The Hall–Kier alpha value is -2.04. The number of quaternary nitrogens is 1. The smallest absolute Gasteiger partial charge is 0.287 e. The van der Waals surface area contributed by atoms with Crippen molar-refractivity contribution >= 4 is 23.2 Å². The van der Waals surface area contributed by atoms with E-state index in [1.54, 1.807) is 19.2 Å². The lowest BCUT2D eigenvalue weighted by Gasteiger charge is -2.31. The second kappa shape index (κ2) is 8.37. The van der Waals surface area contributed by atoms with Crippen molar-refractivity contribution in [3.63, 3.8) is 0 Å². The number of nitrogens with one attached hydrogen (secondary N) is 2. The number of rotatable bonds is 5. The molecule has 1 aliphatic rings. The number of piperidine rings is 1. The maximum atomic E-state index is 13.1. The van der Waals surface area contributed by atoms with E-state index in [1.165, 1.54) is 24.2 Å². The molecule has 0 aliphatic carbocycles. The first kappa shape index (κ1) is 17.8. The molecule has 0 radical (unpaired) electrons. The van der Waals surface area contributed by atoms with Crippen molar-refractivity contribution in [3.05, 3.63) is 59.1 Å². The van der Waals surface area contributed by atoms with Gasteiger partial charge in [0.15, 0.2) is 6.04 Å². The average molecular weight is 360 g/mol. The van der Waals surface area contributed by atoms with Gasteiger partial charge in [0.2, 0.25) is 0 Å². The van der Waals surface area contributed by atoms with Crippen LogP contribution < -0.4 is 15.0 Å². The summed E-state index contributed by atoms with van der Waals surface area (Å²) in [6.45, 7) is 2.05. The minimum absolute atomic E-state index is 0.00401. The predicted octanol–water partition coefficient (Wildman–Crippen LogP) is 3.10. The van der Waals surface area contributed by atoms with Crippen molar-refractivity contribution in [2.24, 2.45) is 0 Å². The van der Waals surface area contributed by atoms with Crippen LogP contribution in [0.15, 0.2) is 48.5 Å². The van der Waals surface area contributed by atoms with Crippen LogP contribution in [-0.4, -0.2) is 26.1 Å². The molecule has 0 spiro atoms. The van der Waals surface area contributed by atoms with Crippen LogP contribution in [-0.2, 0) is 4.79 Å². The summed E-state index contributed by atoms with van der Waals surface area (Å²) in [7, 11) is 1.57. The number of ether oxygens (including phenoxy) is 1. The Labute approximate surface area is 153 Å². The SMILES string of the molecule is COc1ccc(NC(=O)[C@@H](c2ccccc2)[NH+]2CCCCC2)cc1Cl. The minimum Gasteiger partial charge on any atom is -0.495 e. The van der Waals surface area contributed by atoms with Crippen LogP contribution in [0.4, 0.5) is 5.69 Å². The fourth-order valence-electron chi connectivity index (χ4n) is 3.47. The molecule has 5 heteroatoms. The zero-order chi connectivity index (χ0) is 17.6. The number of benzene rings is 2. The molecule has 4 nitrogen and oxygen atoms in total. The monoisotopic (exact) mass is 359 g/mol. The van der Waals surface area contributed by atoms with Crippen LogP contribution in [0.1, 0.15) is 30.9 Å². The van der Waals surface area contributed by atoms with E-state index in [2.05, 4.69) is 5.32 Å². The Morgan fingerprint density at radius 1 is 1.12 bits per heavy atom. The Morgan fingerprint density at radius 3 is 2.48 bits per heavy atom. The van der Waals surface area contributed by atoms with Gasteiger partial charge in [-0.3, -0.25) is 4.79 Å². The zero-order valence-electron chi connectivity index (χ0n) is 14.4. The molecule has 2 N–H and O–H groups in total. The minimum atomic E-state index is -0.206. The molecule has 0 bridgehead atoms. The van der Waals surface area contributed by atoms with Crippen molar-refractivity contribution in [1.82, 2.24) is 0 Å². The van der Waals surface area contributed by atoms with Gasteiger partial charge in [-0.05, 0) is 37.5 Å². The molecule has 0 aromatic heterocycles. The van der Waals surface area contributed by atoms with Crippen molar-refractivity contribution in [2.75, 3.05) is 25.5 Å². The van der Waals surface area contributed by atoms with E-state index in [9.17, 15) is 4.79 Å². The Kier molecular flexibility index (Phi) is 5.95. The van der Waals surface area contributed by atoms with Gasteiger partial charge >= 0.3 is 0 Å². The van der Waals surface area contributed by atoms with Gasteiger partial charge in [0.1, 0.15) is 5.75 Å². The highest BCUT2D eigenvalue weighted by Gasteiger charge is 2.32. The lowest BCUT2D eigenvalue weighted by molar-refractivity contribution is -0.926. The molecule has 0 saturated carbocycles. The zero-order valence-corrected chi connectivity index (χ0v) is 15.2. The topological polar surface area (TPSA) is 42.8 Å². The van der Waals surface area contributed by atoms with Gasteiger partial charge in [-0.15, -0.1) is 0 Å². The first-order valence-electron chi connectivity index (χ1n) is 8.73. The molecule has 1 fully saturated rings. The molecule has 1 heterocycles. The van der Waals surface area contributed by atoms with Crippen molar-refractivity contribution < 1.29 is 14.4 Å². The summed E-state index contributed by atoms with van der Waals surface area (Å²) in [5, 5.41) is 3.52. The van der Waals surface area contributed by atoms with Gasteiger partial charge < -0.3 is 15.0 Å². The standard InChI is InChI=1S/C20H23ClN2O2/c1-25-18-11-10-16(14-17(18)21)22-20(24)19(15-8-4-2-5-9-15)23-12-6-3-7-13-23/h2,4-5,8-11,14,19H,3,6-7,12-13H2,1H3,(H,22,24)/p+1/t19-/m1/s1. The van der Waals surface area contributed by atoms with Gasteiger partial charge in [-0.25, -0.2) is 0 Å². The van der Waals surface area contributed by atoms with E-state index < -0.39 is 0 Å². The van der Waals surface area contributed by atoms with Crippen LogP contribution in [0.5, 0.6) is 5.75 Å². The summed E-state index contributed by atoms with van der Waals surface area (Å²) in [6, 6.07) is 15.1. The molecule has 1 amide bonds. The van der Waals surface area contributed by atoms with Gasteiger partial charge in [0.05, 0.1) is 25.2 Å². The molecule has 1 saturated heterocycles. The second-order valence-corrected chi connectivity index (χ2v) is 6.81. The van der Waals surface area contributed by atoms with E-state index in [1.807, 2.05) is 36.4 Å². The normalized spacial score (nSPS) is 16.2. The molecule has 1 aliphatic heterocycles. The van der Waals surface area contributed by atoms with Crippen molar-refractivity contribution in [2.45, 2.75) is 25.3 Å². The Bertz CT molecular complexity index is 715. The highest BCUT2D eigenvalue weighted by atomic mass is 35.5. The number of carbonyl (C=O) groups excluding carboxylic acids is 1. The average Bonchev–Trinajstić information content (AvgIpc) is 2.64. The third-order valence-corrected chi connectivity index (χ3v) is 5.01. The number of carbonyl (C=O) groups is 1. The summed E-state index contributed by atoms with van der Waals surface area (Å²) in [5.74, 6) is 0.602. The summed E-state index contributed by atoms with van der Waals surface area (Å²) >= 11 is 6.18. The number of hydrogen-bond acceptors (Lipinski definition) is 2. The lowest BCUT2D eigenvalue weighted by atomic mass is 10.0. The number of anilines is 1. The fourth-order valence-corrected chi connectivity index (χ4v) is 3.73. The Balaban J connectivity index is 1.82. The third kappa shape index (κ3) is 4.33. The highest BCUT2D eigenvalue weighted by Crippen LogP contribution is 2.27. The molecule has 2 aromatic carbocycles. The number of hydrogen-bond donors (Lipinski definition) is 2. The lowest BCUT2D eigenvalue weighted by Crippen LogP contribution is -3.14. The first-order chi connectivity index (χ1) is 12.2. The van der Waals surface area contributed by atoms with E-state index in [4.69, 9.17) is 16.3 Å². The third-order valence-electron chi connectivity index (χ3n) is 4.72. The number of methoxy groups -OCH3 is 1.